The van der Waals surface area contributed by atoms with Crippen LogP contribution in [0.4, 0.5) is 0 Å². The highest BCUT2D eigenvalue weighted by Crippen LogP contribution is 2.30. The summed E-state index contributed by atoms with van der Waals surface area (Å²) in [5.41, 5.74) is 3.82. The van der Waals surface area contributed by atoms with Crippen LogP contribution in [0.1, 0.15) is 22.7 Å². The molecule has 0 amide bonds. The summed E-state index contributed by atoms with van der Waals surface area (Å²) in [6.45, 7) is 2.12. The number of aryl methyl sites for hydroxylation is 1. The molecule has 0 heterocycles. The van der Waals surface area contributed by atoms with Crippen molar-refractivity contribution >= 4 is 15.9 Å². The van der Waals surface area contributed by atoms with Gasteiger partial charge in [0, 0.05) is 4.47 Å². The van der Waals surface area contributed by atoms with Crippen LogP contribution in [-0.4, -0.2) is 7.05 Å². The standard InChI is InChI=1S/C15H16BrN/c1-11-7-6-10-13(14(11)16)15(17-2)12-8-4-3-5-9-12/h3-10,15,17H,1-2H3. The molecule has 0 saturated heterocycles. The molecule has 0 bridgehead atoms. The minimum Gasteiger partial charge on any atom is -0.309 e. The smallest absolute Gasteiger partial charge is 0.0585 e. The van der Waals surface area contributed by atoms with E-state index in [1.54, 1.807) is 0 Å². The van der Waals surface area contributed by atoms with Crippen LogP contribution >= 0.6 is 15.9 Å². The normalized spacial score (nSPS) is 12.4. The molecule has 1 unspecified atom stereocenters. The first-order valence-electron chi connectivity index (χ1n) is 5.71. The molecular formula is C15H16BrN. The van der Waals surface area contributed by atoms with Gasteiger partial charge < -0.3 is 5.32 Å². The van der Waals surface area contributed by atoms with Gasteiger partial charge in [-0.2, -0.15) is 0 Å². The van der Waals surface area contributed by atoms with Crippen LogP contribution in [0.15, 0.2) is 53.0 Å². The quantitative estimate of drug-likeness (QED) is 0.898. The Kier molecular flexibility index (Phi) is 3.97. The van der Waals surface area contributed by atoms with Gasteiger partial charge in [0.05, 0.1) is 6.04 Å². The van der Waals surface area contributed by atoms with Gasteiger partial charge in [0.15, 0.2) is 0 Å². The Bertz CT molecular complexity index is 494. The number of rotatable bonds is 3. The van der Waals surface area contributed by atoms with E-state index in [9.17, 15) is 0 Å². The summed E-state index contributed by atoms with van der Waals surface area (Å²) in [7, 11) is 1.99. The molecule has 2 aromatic rings. The van der Waals surface area contributed by atoms with Crippen LogP contribution in [0.25, 0.3) is 0 Å². The van der Waals surface area contributed by atoms with Gasteiger partial charge in [-0.05, 0) is 30.7 Å². The molecule has 0 saturated carbocycles. The van der Waals surface area contributed by atoms with E-state index in [-0.39, 0.29) is 6.04 Å². The summed E-state index contributed by atoms with van der Waals surface area (Å²) in [6.07, 6.45) is 0. The molecule has 0 radical (unpaired) electrons. The first-order valence-corrected chi connectivity index (χ1v) is 6.50. The van der Waals surface area contributed by atoms with Crippen molar-refractivity contribution in [3.63, 3.8) is 0 Å². The summed E-state index contributed by atoms with van der Waals surface area (Å²) >= 11 is 3.68. The molecule has 0 aromatic heterocycles. The minimum absolute atomic E-state index is 0.227. The third kappa shape index (κ3) is 2.59. The lowest BCUT2D eigenvalue weighted by Crippen LogP contribution is -2.18. The Balaban J connectivity index is 2.46. The third-order valence-corrected chi connectivity index (χ3v) is 4.04. The predicted molar refractivity (Wildman–Crippen MR) is 76.2 cm³/mol. The van der Waals surface area contributed by atoms with Crippen molar-refractivity contribution in [3.8, 4) is 0 Å². The molecule has 0 aliphatic carbocycles. The lowest BCUT2D eigenvalue weighted by atomic mass is 9.97. The first-order chi connectivity index (χ1) is 8.24. The number of hydrogen-bond donors (Lipinski definition) is 1. The molecule has 1 nitrogen and oxygen atoms in total. The lowest BCUT2D eigenvalue weighted by Gasteiger charge is -2.19. The van der Waals surface area contributed by atoms with Crippen molar-refractivity contribution < 1.29 is 0 Å². The third-order valence-electron chi connectivity index (χ3n) is 2.95. The molecule has 0 spiro atoms. The summed E-state index contributed by atoms with van der Waals surface area (Å²) in [5.74, 6) is 0. The molecule has 17 heavy (non-hydrogen) atoms. The van der Waals surface area contributed by atoms with Gasteiger partial charge in [0.2, 0.25) is 0 Å². The zero-order chi connectivity index (χ0) is 12.3. The van der Waals surface area contributed by atoms with Gasteiger partial charge in [-0.3, -0.25) is 0 Å². The van der Waals surface area contributed by atoms with Crippen molar-refractivity contribution in [2.24, 2.45) is 0 Å². The molecule has 1 atom stereocenters. The van der Waals surface area contributed by atoms with Crippen LogP contribution in [0.2, 0.25) is 0 Å². The number of hydrogen-bond acceptors (Lipinski definition) is 1. The molecule has 2 heteroatoms. The highest BCUT2D eigenvalue weighted by molar-refractivity contribution is 9.10. The lowest BCUT2D eigenvalue weighted by molar-refractivity contribution is 0.688. The molecule has 88 valence electrons. The van der Waals surface area contributed by atoms with Crippen LogP contribution in [-0.2, 0) is 0 Å². The van der Waals surface area contributed by atoms with E-state index in [2.05, 4.69) is 70.6 Å². The maximum Gasteiger partial charge on any atom is 0.0585 e. The van der Waals surface area contributed by atoms with Crippen LogP contribution in [0, 0.1) is 6.92 Å². The van der Waals surface area contributed by atoms with Gasteiger partial charge in [-0.25, -0.2) is 0 Å². The van der Waals surface area contributed by atoms with Crippen LogP contribution in [0.5, 0.6) is 0 Å². The molecule has 0 fully saturated rings. The average Bonchev–Trinajstić information content (AvgIpc) is 2.37. The predicted octanol–water partition coefficient (Wildman–Crippen LogP) is 4.07. The summed E-state index contributed by atoms with van der Waals surface area (Å²) in [4.78, 5) is 0. The monoisotopic (exact) mass is 289 g/mol. The Labute approximate surface area is 111 Å². The highest BCUT2D eigenvalue weighted by Gasteiger charge is 2.14. The van der Waals surface area contributed by atoms with Gasteiger partial charge in [0.1, 0.15) is 0 Å². The summed E-state index contributed by atoms with van der Waals surface area (Å²) < 4.78 is 1.18. The maximum absolute atomic E-state index is 3.68. The summed E-state index contributed by atoms with van der Waals surface area (Å²) in [6, 6.07) is 17.1. The summed E-state index contributed by atoms with van der Waals surface area (Å²) in [5, 5.41) is 3.37. The van der Waals surface area contributed by atoms with Gasteiger partial charge >= 0.3 is 0 Å². The van der Waals surface area contributed by atoms with E-state index in [1.807, 2.05) is 13.1 Å². The number of benzene rings is 2. The SMILES string of the molecule is CNC(c1ccccc1)c1cccc(C)c1Br. The maximum atomic E-state index is 3.68. The Hall–Kier alpha value is -1.12. The second-order valence-corrected chi connectivity index (χ2v) is 4.90. The second-order valence-electron chi connectivity index (χ2n) is 4.11. The van der Waals surface area contributed by atoms with Gasteiger partial charge in [-0.1, -0.05) is 64.5 Å². The van der Waals surface area contributed by atoms with Crippen LogP contribution in [0.3, 0.4) is 0 Å². The van der Waals surface area contributed by atoms with E-state index in [0.717, 1.165) is 0 Å². The van der Waals surface area contributed by atoms with Crippen LogP contribution < -0.4 is 5.32 Å². The second kappa shape index (κ2) is 5.48. The molecule has 0 aliphatic heterocycles. The van der Waals surface area contributed by atoms with Crippen molar-refractivity contribution in [2.45, 2.75) is 13.0 Å². The molecule has 2 aromatic carbocycles. The van der Waals surface area contributed by atoms with E-state index in [4.69, 9.17) is 0 Å². The fraction of sp³-hybridized carbons (Fsp3) is 0.200. The van der Waals surface area contributed by atoms with E-state index < -0.39 is 0 Å². The van der Waals surface area contributed by atoms with Crippen molar-refractivity contribution in [3.05, 3.63) is 69.7 Å². The van der Waals surface area contributed by atoms with Crippen molar-refractivity contribution in [2.75, 3.05) is 7.05 Å². The molecule has 2 rings (SSSR count). The fourth-order valence-electron chi connectivity index (χ4n) is 2.04. The largest absolute Gasteiger partial charge is 0.309 e. The first kappa shape index (κ1) is 12.3. The zero-order valence-electron chi connectivity index (χ0n) is 10.1. The highest BCUT2D eigenvalue weighted by atomic mass is 79.9. The minimum atomic E-state index is 0.227. The average molecular weight is 290 g/mol. The Morgan fingerprint density at radius 2 is 1.71 bits per heavy atom. The van der Waals surface area contributed by atoms with E-state index in [1.165, 1.54) is 21.2 Å². The topological polar surface area (TPSA) is 12.0 Å². The van der Waals surface area contributed by atoms with E-state index in [0.29, 0.717) is 0 Å². The Morgan fingerprint density at radius 3 is 2.35 bits per heavy atom. The molecule has 0 aliphatic rings. The molecular weight excluding hydrogens is 274 g/mol. The van der Waals surface area contributed by atoms with Gasteiger partial charge in [0.25, 0.3) is 0 Å². The fourth-order valence-corrected chi connectivity index (χ4v) is 2.53. The van der Waals surface area contributed by atoms with Crippen molar-refractivity contribution in [1.82, 2.24) is 5.32 Å². The number of halogens is 1. The zero-order valence-corrected chi connectivity index (χ0v) is 11.7. The van der Waals surface area contributed by atoms with Crippen molar-refractivity contribution in [1.29, 1.82) is 0 Å². The Morgan fingerprint density at radius 1 is 1.00 bits per heavy atom. The number of nitrogens with one attached hydrogen (secondary N) is 1. The van der Waals surface area contributed by atoms with Gasteiger partial charge in [-0.15, -0.1) is 0 Å². The van der Waals surface area contributed by atoms with E-state index >= 15 is 0 Å². The molecule has 1 N–H and O–H groups in total.